The van der Waals surface area contributed by atoms with Crippen LogP contribution in [0.5, 0.6) is 0 Å². The number of amides is 1. The van der Waals surface area contributed by atoms with E-state index in [1.54, 1.807) is 0 Å². The molecule has 3 nitrogen and oxygen atoms in total. The van der Waals surface area contributed by atoms with E-state index in [2.05, 4.69) is 0 Å². The van der Waals surface area contributed by atoms with Crippen LogP contribution in [0, 0.1) is 5.41 Å². The van der Waals surface area contributed by atoms with E-state index in [0.29, 0.717) is 18.4 Å². The summed E-state index contributed by atoms with van der Waals surface area (Å²) in [4.78, 5) is 13.7. The number of likely N-dealkylation sites (tertiary alicyclic amines) is 1. The second-order valence-electron chi connectivity index (χ2n) is 4.81. The smallest absolute Gasteiger partial charge is 0.223 e. The molecule has 14 heavy (non-hydrogen) atoms. The molecule has 2 N–H and O–H groups in total. The summed E-state index contributed by atoms with van der Waals surface area (Å²) in [5, 5.41) is 0. The minimum atomic E-state index is 0.260. The van der Waals surface area contributed by atoms with Gasteiger partial charge < -0.3 is 10.6 Å². The minimum Gasteiger partial charge on any atom is -0.342 e. The zero-order valence-electron chi connectivity index (χ0n) is 8.80. The Morgan fingerprint density at radius 1 is 1.29 bits per heavy atom. The van der Waals surface area contributed by atoms with E-state index in [0.717, 1.165) is 13.1 Å². The maximum Gasteiger partial charge on any atom is 0.223 e. The van der Waals surface area contributed by atoms with Crippen LogP contribution in [0.4, 0.5) is 0 Å². The average molecular weight is 196 g/mol. The molecule has 80 valence electrons. The first kappa shape index (κ1) is 9.97. The fourth-order valence-electron chi connectivity index (χ4n) is 2.96. The fraction of sp³-hybridized carbons (Fsp3) is 0.909. The Morgan fingerprint density at radius 2 is 2.00 bits per heavy atom. The van der Waals surface area contributed by atoms with Gasteiger partial charge in [-0.2, -0.15) is 0 Å². The summed E-state index contributed by atoms with van der Waals surface area (Å²) in [5.41, 5.74) is 5.90. The lowest BCUT2D eigenvalue weighted by molar-refractivity contribution is -0.130. The Bertz CT molecular complexity index is 221. The summed E-state index contributed by atoms with van der Waals surface area (Å²) in [7, 11) is 0. The normalized spacial score (nSPS) is 24.8. The van der Waals surface area contributed by atoms with Crippen LogP contribution in [0.25, 0.3) is 0 Å². The molecule has 1 aliphatic carbocycles. The molecular weight excluding hydrogens is 176 g/mol. The molecule has 1 spiro atoms. The third-order valence-electron chi connectivity index (χ3n) is 3.81. The molecule has 0 aromatic carbocycles. The van der Waals surface area contributed by atoms with Crippen LogP contribution in [-0.2, 0) is 4.79 Å². The zero-order valence-corrected chi connectivity index (χ0v) is 8.80. The molecule has 0 bridgehead atoms. The summed E-state index contributed by atoms with van der Waals surface area (Å²) in [6.45, 7) is 2.47. The van der Waals surface area contributed by atoms with E-state index in [1.807, 2.05) is 4.90 Å². The Hall–Kier alpha value is -0.570. The van der Waals surface area contributed by atoms with Crippen LogP contribution in [0.1, 0.15) is 38.5 Å². The molecule has 2 rings (SSSR count). The van der Waals surface area contributed by atoms with E-state index in [9.17, 15) is 4.79 Å². The number of rotatable bonds is 2. The maximum atomic E-state index is 11.6. The molecular formula is C11H20N2O. The second kappa shape index (κ2) is 3.89. The molecule has 0 aromatic heterocycles. The lowest BCUT2D eigenvalue weighted by atomic mass is 9.86. The maximum absolute atomic E-state index is 11.6. The van der Waals surface area contributed by atoms with Crippen LogP contribution >= 0.6 is 0 Å². The van der Waals surface area contributed by atoms with Gasteiger partial charge in [0.05, 0.1) is 0 Å². The van der Waals surface area contributed by atoms with Gasteiger partial charge in [-0.05, 0) is 24.7 Å². The molecule has 1 saturated carbocycles. The quantitative estimate of drug-likeness (QED) is 0.719. The lowest BCUT2D eigenvalue weighted by Crippen LogP contribution is -2.32. The van der Waals surface area contributed by atoms with Crippen molar-refractivity contribution in [3.8, 4) is 0 Å². The average Bonchev–Trinajstić information content (AvgIpc) is 2.78. The standard InChI is InChI=1S/C11H20N2O/c12-7-3-10(14)13-8-6-11(9-13)4-1-2-5-11/h1-9,12H2. The monoisotopic (exact) mass is 196 g/mol. The molecule has 2 aliphatic rings. The van der Waals surface area contributed by atoms with Gasteiger partial charge in [0.2, 0.25) is 5.91 Å². The van der Waals surface area contributed by atoms with Crippen LogP contribution in [-0.4, -0.2) is 30.4 Å². The number of carbonyl (C=O) groups is 1. The Morgan fingerprint density at radius 3 is 2.64 bits per heavy atom. The highest BCUT2D eigenvalue weighted by atomic mass is 16.2. The van der Waals surface area contributed by atoms with Crippen molar-refractivity contribution in [1.82, 2.24) is 4.90 Å². The molecule has 1 saturated heterocycles. The summed E-state index contributed by atoms with van der Waals surface area (Å²) < 4.78 is 0. The number of nitrogens with two attached hydrogens (primary N) is 1. The Labute approximate surface area is 85.6 Å². The first-order valence-electron chi connectivity index (χ1n) is 5.74. The van der Waals surface area contributed by atoms with Crippen LogP contribution in [0.15, 0.2) is 0 Å². The molecule has 0 aromatic rings. The summed E-state index contributed by atoms with van der Waals surface area (Å²) in [6.07, 6.45) is 7.13. The van der Waals surface area contributed by atoms with E-state index in [4.69, 9.17) is 5.73 Å². The number of hydrogen-bond donors (Lipinski definition) is 1. The Balaban J connectivity index is 1.90. The molecule has 0 atom stereocenters. The van der Waals surface area contributed by atoms with Crippen molar-refractivity contribution in [3.05, 3.63) is 0 Å². The first-order valence-corrected chi connectivity index (χ1v) is 5.74. The topological polar surface area (TPSA) is 46.3 Å². The van der Waals surface area contributed by atoms with Crippen molar-refractivity contribution < 1.29 is 4.79 Å². The number of carbonyl (C=O) groups excluding carboxylic acids is 1. The van der Waals surface area contributed by atoms with Crippen molar-refractivity contribution >= 4 is 5.91 Å². The fourth-order valence-corrected chi connectivity index (χ4v) is 2.96. The van der Waals surface area contributed by atoms with Gasteiger partial charge in [-0.3, -0.25) is 4.79 Å². The van der Waals surface area contributed by atoms with E-state index >= 15 is 0 Å². The summed E-state index contributed by atoms with van der Waals surface area (Å²) in [5.74, 6) is 0.260. The third kappa shape index (κ3) is 1.78. The molecule has 1 heterocycles. The van der Waals surface area contributed by atoms with Gasteiger partial charge in [0, 0.05) is 26.1 Å². The van der Waals surface area contributed by atoms with Crippen LogP contribution < -0.4 is 5.73 Å². The third-order valence-corrected chi connectivity index (χ3v) is 3.81. The van der Waals surface area contributed by atoms with E-state index < -0.39 is 0 Å². The highest BCUT2D eigenvalue weighted by Crippen LogP contribution is 2.45. The largest absolute Gasteiger partial charge is 0.342 e. The molecule has 3 heteroatoms. The second-order valence-corrected chi connectivity index (χ2v) is 4.81. The van der Waals surface area contributed by atoms with Crippen molar-refractivity contribution in [3.63, 3.8) is 0 Å². The van der Waals surface area contributed by atoms with Crippen molar-refractivity contribution in [2.24, 2.45) is 11.1 Å². The predicted octanol–water partition coefficient (Wildman–Crippen LogP) is 1.13. The van der Waals surface area contributed by atoms with Gasteiger partial charge in [0.1, 0.15) is 0 Å². The molecule has 1 aliphatic heterocycles. The van der Waals surface area contributed by atoms with E-state index in [1.165, 1.54) is 32.1 Å². The van der Waals surface area contributed by atoms with Crippen molar-refractivity contribution in [2.45, 2.75) is 38.5 Å². The minimum absolute atomic E-state index is 0.260. The number of hydrogen-bond acceptors (Lipinski definition) is 2. The van der Waals surface area contributed by atoms with E-state index in [-0.39, 0.29) is 5.91 Å². The van der Waals surface area contributed by atoms with Gasteiger partial charge in [-0.1, -0.05) is 12.8 Å². The van der Waals surface area contributed by atoms with Gasteiger partial charge in [0.25, 0.3) is 0 Å². The summed E-state index contributed by atoms with van der Waals surface area (Å²) >= 11 is 0. The number of nitrogens with zero attached hydrogens (tertiary/aromatic N) is 1. The van der Waals surface area contributed by atoms with Gasteiger partial charge >= 0.3 is 0 Å². The van der Waals surface area contributed by atoms with Crippen LogP contribution in [0.2, 0.25) is 0 Å². The summed E-state index contributed by atoms with van der Waals surface area (Å²) in [6, 6.07) is 0. The van der Waals surface area contributed by atoms with Crippen molar-refractivity contribution in [1.29, 1.82) is 0 Å². The molecule has 1 amide bonds. The Kier molecular flexibility index (Phi) is 2.77. The van der Waals surface area contributed by atoms with Gasteiger partial charge in [0.15, 0.2) is 0 Å². The van der Waals surface area contributed by atoms with Gasteiger partial charge in [-0.25, -0.2) is 0 Å². The SMILES string of the molecule is NCCC(=O)N1CCC2(CCCC2)C1. The highest BCUT2D eigenvalue weighted by molar-refractivity contribution is 5.76. The highest BCUT2D eigenvalue weighted by Gasteiger charge is 2.41. The van der Waals surface area contributed by atoms with Crippen LogP contribution in [0.3, 0.4) is 0 Å². The van der Waals surface area contributed by atoms with Crippen molar-refractivity contribution in [2.75, 3.05) is 19.6 Å². The zero-order chi connectivity index (χ0) is 10.0. The molecule has 2 fully saturated rings. The predicted molar refractivity (Wildman–Crippen MR) is 55.8 cm³/mol. The molecule has 0 radical (unpaired) electrons. The lowest BCUT2D eigenvalue weighted by Gasteiger charge is -2.23. The molecule has 0 unspecified atom stereocenters. The first-order chi connectivity index (χ1) is 6.76. The van der Waals surface area contributed by atoms with Gasteiger partial charge in [-0.15, -0.1) is 0 Å².